The normalized spacial score (nSPS) is 31.9. The van der Waals surface area contributed by atoms with Crippen molar-refractivity contribution in [2.45, 2.75) is 109 Å². The molecule has 1 nitrogen and oxygen atoms in total. The molecule has 162 valence electrons. The lowest BCUT2D eigenvalue weighted by Gasteiger charge is -2.42. The summed E-state index contributed by atoms with van der Waals surface area (Å²) in [5.41, 5.74) is 3.66. The first kappa shape index (κ1) is 21.3. The summed E-state index contributed by atoms with van der Waals surface area (Å²) >= 11 is 0. The zero-order valence-corrected chi connectivity index (χ0v) is 18.7. The van der Waals surface area contributed by atoms with Crippen molar-refractivity contribution in [2.75, 3.05) is 6.61 Å². The average Bonchev–Trinajstić information content (AvgIpc) is 2.74. The van der Waals surface area contributed by atoms with E-state index >= 15 is 4.39 Å². The van der Waals surface area contributed by atoms with Gasteiger partial charge < -0.3 is 4.74 Å². The van der Waals surface area contributed by atoms with Gasteiger partial charge in [-0.25, -0.2) is 4.39 Å². The molecule has 2 saturated carbocycles. The Balaban J connectivity index is 1.37. The van der Waals surface area contributed by atoms with Crippen LogP contribution < -0.4 is 0 Å². The summed E-state index contributed by atoms with van der Waals surface area (Å²) in [7, 11) is 0. The second kappa shape index (κ2) is 9.94. The van der Waals surface area contributed by atoms with Gasteiger partial charge in [0.25, 0.3) is 0 Å². The SMILES string of the molecule is CCCCOC1CCC2CC(c3cc(F)c4c(c3)CCC(CCC)C4)CCC2C1. The van der Waals surface area contributed by atoms with E-state index < -0.39 is 0 Å². The molecule has 1 aromatic carbocycles. The van der Waals surface area contributed by atoms with Gasteiger partial charge in [-0.1, -0.05) is 39.2 Å². The van der Waals surface area contributed by atoms with Crippen LogP contribution in [-0.4, -0.2) is 12.7 Å². The third-order valence-electron chi connectivity index (χ3n) is 8.21. The van der Waals surface area contributed by atoms with Gasteiger partial charge in [0.2, 0.25) is 0 Å². The van der Waals surface area contributed by atoms with Gasteiger partial charge in [0.05, 0.1) is 6.10 Å². The molecular weight excluding hydrogens is 359 g/mol. The van der Waals surface area contributed by atoms with Crippen LogP contribution in [0.3, 0.4) is 0 Å². The molecule has 0 N–H and O–H groups in total. The van der Waals surface area contributed by atoms with Crippen molar-refractivity contribution >= 4 is 0 Å². The zero-order chi connectivity index (χ0) is 20.2. The van der Waals surface area contributed by atoms with Crippen LogP contribution in [0, 0.1) is 23.6 Å². The largest absolute Gasteiger partial charge is 0.378 e. The van der Waals surface area contributed by atoms with E-state index in [0.29, 0.717) is 17.9 Å². The van der Waals surface area contributed by atoms with Gasteiger partial charge >= 0.3 is 0 Å². The highest BCUT2D eigenvalue weighted by molar-refractivity contribution is 5.37. The van der Waals surface area contributed by atoms with E-state index in [1.165, 1.54) is 81.8 Å². The van der Waals surface area contributed by atoms with Crippen molar-refractivity contribution in [2.24, 2.45) is 17.8 Å². The van der Waals surface area contributed by atoms with E-state index in [1.807, 2.05) is 6.07 Å². The predicted molar refractivity (Wildman–Crippen MR) is 119 cm³/mol. The van der Waals surface area contributed by atoms with E-state index in [-0.39, 0.29) is 5.82 Å². The van der Waals surface area contributed by atoms with E-state index in [1.54, 1.807) is 0 Å². The number of ether oxygens (including phenoxy) is 1. The van der Waals surface area contributed by atoms with Gasteiger partial charge in [-0.15, -0.1) is 0 Å². The minimum atomic E-state index is 0.0912. The summed E-state index contributed by atoms with van der Waals surface area (Å²) in [4.78, 5) is 0. The van der Waals surface area contributed by atoms with Gasteiger partial charge in [0.1, 0.15) is 5.82 Å². The fourth-order valence-electron chi connectivity index (χ4n) is 6.50. The number of fused-ring (bicyclic) bond motifs is 2. The molecule has 0 saturated heterocycles. The Hall–Kier alpha value is -0.890. The van der Waals surface area contributed by atoms with Gasteiger partial charge in [0, 0.05) is 6.61 Å². The van der Waals surface area contributed by atoms with Crippen LogP contribution in [0.4, 0.5) is 4.39 Å². The molecule has 1 aromatic rings. The van der Waals surface area contributed by atoms with Crippen molar-refractivity contribution in [1.29, 1.82) is 0 Å². The summed E-state index contributed by atoms with van der Waals surface area (Å²) in [6.45, 7) is 5.42. The van der Waals surface area contributed by atoms with Crippen LogP contribution in [-0.2, 0) is 17.6 Å². The fraction of sp³-hybridized carbons (Fsp3) is 0.778. The minimum absolute atomic E-state index is 0.0912. The lowest BCUT2D eigenvalue weighted by Crippen LogP contribution is -2.34. The van der Waals surface area contributed by atoms with Crippen LogP contribution >= 0.6 is 0 Å². The highest BCUT2D eigenvalue weighted by Gasteiger charge is 2.36. The number of hydrogen-bond acceptors (Lipinski definition) is 1. The Morgan fingerprint density at radius 1 is 0.966 bits per heavy atom. The van der Waals surface area contributed by atoms with Crippen molar-refractivity contribution in [1.82, 2.24) is 0 Å². The van der Waals surface area contributed by atoms with Gasteiger partial charge in [-0.2, -0.15) is 0 Å². The van der Waals surface area contributed by atoms with Crippen LogP contribution in [0.1, 0.15) is 107 Å². The Labute approximate surface area is 177 Å². The third kappa shape index (κ3) is 5.06. The highest BCUT2D eigenvalue weighted by atomic mass is 19.1. The average molecular weight is 401 g/mol. The summed E-state index contributed by atoms with van der Waals surface area (Å²) in [5, 5.41) is 0. The Morgan fingerprint density at radius 2 is 1.79 bits per heavy atom. The zero-order valence-electron chi connectivity index (χ0n) is 18.7. The second-order valence-electron chi connectivity index (χ2n) is 10.2. The van der Waals surface area contributed by atoms with E-state index in [9.17, 15) is 0 Å². The van der Waals surface area contributed by atoms with Crippen molar-refractivity contribution in [3.63, 3.8) is 0 Å². The van der Waals surface area contributed by atoms with Crippen LogP contribution in [0.25, 0.3) is 0 Å². The minimum Gasteiger partial charge on any atom is -0.378 e. The van der Waals surface area contributed by atoms with Gasteiger partial charge in [-0.05, 0) is 111 Å². The van der Waals surface area contributed by atoms with E-state index in [4.69, 9.17) is 4.74 Å². The summed E-state index contributed by atoms with van der Waals surface area (Å²) in [6, 6.07) is 4.31. The molecule has 0 heterocycles. The Kier molecular flexibility index (Phi) is 7.32. The first-order valence-electron chi connectivity index (χ1n) is 12.6. The molecule has 5 atom stereocenters. The van der Waals surface area contributed by atoms with E-state index in [2.05, 4.69) is 19.9 Å². The molecule has 3 aliphatic rings. The van der Waals surface area contributed by atoms with Crippen molar-refractivity contribution in [3.8, 4) is 0 Å². The third-order valence-corrected chi connectivity index (χ3v) is 8.21. The molecule has 5 unspecified atom stereocenters. The van der Waals surface area contributed by atoms with Crippen LogP contribution in [0.2, 0.25) is 0 Å². The maximum Gasteiger partial charge on any atom is 0.126 e. The summed E-state index contributed by atoms with van der Waals surface area (Å²) < 4.78 is 21.2. The number of unbranched alkanes of at least 4 members (excludes halogenated alkanes) is 1. The van der Waals surface area contributed by atoms with Crippen molar-refractivity contribution in [3.05, 3.63) is 34.6 Å². The Morgan fingerprint density at radius 3 is 2.62 bits per heavy atom. The number of aryl methyl sites for hydroxylation is 1. The molecule has 2 heteroatoms. The predicted octanol–water partition coefficient (Wildman–Crippen LogP) is 7.60. The maximum atomic E-state index is 15.0. The van der Waals surface area contributed by atoms with Crippen molar-refractivity contribution < 1.29 is 9.13 Å². The lowest BCUT2D eigenvalue weighted by molar-refractivity contribution is -0.0159. The van der Waals surface area contributed by atoms with E-state index in [0.717, 1.165) is 36.8 Å². The molecule has 0 aromatic heterocycles. The fourth-order valence-corrected chi connectivity index (χ4v) is 6.50. The lowest BCUT2D eigenvalue weighted by atomic mass is 9.65. The number of rotatable bonds is 7. The molecule has 0 amide bonds. The first-order chi connectivity index (χ1) is 14.2. The summed E-state index contributed by atoms with van der Waals surface area (Å²) in [5.74, 6) is 3.02. The molecule has 4 rings (SSSR count). The monoisotopic (exact) mass is 400 g/mol. The van der Waals surface area contributed by atoms with Gasteiger partial charge in [-0.3, -0.25) is 0 Å². The molecule has 3 aliphatic carbocycles. The smallest absolute Gasteiger partial charge is 0.126 e. The molecule has 0 bridgehead atoms. The van der Waals surface area contributed by atoms with Crippen LogP contribution in [0.5, 0.6) is 0 Å². The standard InChI is InChI=1S/C27H41FO/c1-3-5-13-29-25-12-11-20-15-21(9-10-22(20)17-25)24-16-23-8-7-19(6-4-2)14-26(23)27(28)18-24/h16,18-22,25H,3-15,17H2,1-2H3. The van der Waals surface area contributed by atoms with Gasteiger partial charge in [0.15, 0.2) is 0 Å². The molecule has 0 radical (unpaired) electrons. The number of halogens is 1. The molecule has 29 heavy (non-hydrogen) atoms. The van der Waals surface area contributed by atoms with Crippen LogP contribution in [0.15, 0.2) is 12.1 Å². The number of hydrogen-bond donors (Lipinski definition) is 0. The number of benzene rings is 1. The molecule has 0 aliphatic heterocycles. The molecule has 2 fully saturated rings. The first-order valence-corrected chi connectivity index (χ1v) is 12.6. The topological polar surface area (TPSA) is 9.23 Å². The Bertz CT molecular complexity index is 669. The highest BCUT2D eigenvalue weighted by Crippen LogP contribution is 2.47. The summed E-state index contributed by atoms with van der Waals surface area (Å²) in [6.07, 6.45) is 16.3. The molecular formula is C27H41FO. The second-order valence-corrected chi connectivity index (χ2v) is 10.2. The quantitative estimate of drug-likeness (QED) is 0.428. The maximum absolute atomic E-state index is 15.0. The molecule has 0 spiro atoms.